The average Bonchev–Trinajstić information content (AvgIpc) is 3.21. The number of carbonyl (C=O) groups excluding carboxylic acids is 1. The number of rotatable bonds is 4. The maximum Gasteiger partial charge on any atom is 0.272 e. The van der Waals surface area contributed by atoms with Gasteiger partial charge in [-0.25, -0.2) is 14.1 Å². The lowest BCUT2D eigenvalue weighted by Gasteiger charge is -2.07. The van der Waals surface area contributed by atoms with Gasteiger partial charge >= 0.3 is 0 Å². The van der Waals surface area contributed by atoms with Crippen LogP contribution in [0.4, 0.5) is 4.39 Å². The molecule has 6 nitrogen and oxygen atoms in total. The van der Waals surface area contributed by atoms with E-state index in [9.17, 15) is 9.18 Å². The lowest BCUT2D eigenvalue weighted by atomic mass is 10.2. The number of hydrogen-bond donors (Lipinski definition) is 0. The lowest BCUT2D eigenvalue weighted by Crippen LogP contribution is -2.21. The van der Waals surface area contributed by atoms with Gasteiger partial charge in [-0.05, 0) is 13.0 Å². The maximum absolute atomic E-state index is 13.8. The van der Waals surface area contributed by atoms with Crippen molar-refractivity contribution in [1.82, 2.24) is 19.3 Å². The van der Waals surface area contributed by atoms with Crippen molar-refractivity contribution >= 4 is 17.2 Å². The predicted octanol–water partition coefficient (Wildman–Crippen LogP) is 2.02. The first-order valence-corrected chi connectivity index (χ1v) is 7.83. The summed E-state index contributed by atoms with van der Waals surface area (Å²) >= 11 is 1.33. The highest BCUT2D eigenvalue weighted by Gasteiger charge is 2.15. The molecule has 0 bridgehead atoms. The summed E-state index contributed by atoms with van der Waals surface area (Å²) in [6.07, 6.45) is 4.62. The molecule has 0 fully saturated rings. The topological polar surface area (TPSA) is 65.1 Å². The van der Waals surface area contributed by atoms with Crippen molar-refractivity contribution in [1.29, 1.82) is 0 Å². The molecule has 0 aliphatic carbocycles. The van der Waals surface area contributed by atoms with Gasteiger partial charge in [-0.15, -0.1) is 11.3 Å². The van der Waals surface area contributed by atoms with Crippen molar-refractivity contribution in [2.24, 2.45) is 4.99 Å². The smallest absolute Gasteiger partial charge is 0.272 e. The highest BCUT2D eigenvalue weighted by atomic mass is 32.1. The third kappa shape index (κ3) is 3.42. The van der Waals surface area contributed by atoms with Gasteiger partial charge in [-0.2, -0.15) is 10.1 Å². The zero-order valence-corrected chi connectivity index (χ0v) is 13.2. The fourth-order valence-corrected chi connectivity index (χ4v) is 2.77. The molecule has 0 spiro atoms. The molecule has 8 heteroatoms. The Kier molecular flexibility index (Phi) is 4.42. The molecular weight excluding hydrogens is 317 g/mol. The van der Waals surface area contributed by atoms with Crippen LogP contribution in [0.1, 0.15) is 18.5 Å². The van der Waals surface area contributed by atoms with Crippen LogP contribution in [0.2, 0.25) is 0 Å². The van der Waals surface area contributed by atoms with Crippen LogP contribution in [0.3, 0.4) is 0 Å². The molecule has 2 aromatic heterocycles. The SMILES string of the molecule is CC(C(=O)N=c1sccn1Cc1ccccc1F)n1cncn1. The van der Waals surface area contributed by atoms with Crippen molar-refractivity contribution in [3.8, 4) is 0 Å². The average molecular weight is 331 g/mol. The van der Waals surface area contributed by atoms with Gasteiger partial charge in [0.2, 0.25) is 0 Å². The molecule has 0 aliphatic rings. The van der Waals surface area contributed by atoms with Crippen LogP contribution in [0.5, 0.6) is 0 Å². The number of thiazole rings is 1. The minimum Gasteiger partial charge on any atom is -0.319 e. The summed E-state index contributed by atoms with van der Waals surface area (Å²) in [7, 11) is 0. The van der Waals surface area contributed by atoms with Gasteiger partial charge < -0.3 is 4.57 Å². The molecule has 0 radical (unpaired) electrons. The molecule has 1 aromatic carbocycles. The van der Waals surface area contributed by atoms with Gasteiger partial charge in [-0.1, -0.05) is 18.2 Å². The zero-order chi connectivity index (χ0) is 16.2. The Bertz CT molecular complexity index is 868. The first kappa shape index (κ1) is 15.3. The fraction of sp³-hybridized carbons (Fsp3) is 0.200. The Hall–Kier alpha value is -2.61. The molecular formula is C15H14FN5OS. The predicted molar refractivity (Wildman–Crippen MR) is 83.1 cm³/mol. The summed E-state index contributed by atoms with van der Waals surface area (Å²) in [4.78, 5) is 20.7. The van der Waals surface area contributed by atoms with Gasteiger partial charge in [-0.3, -0.25) is 4.79 Å². The number of halogens is 1. The Morgan fingerprint density at radius 1 is 1.43 bits per heavy atom. The van der Waals surface area contributed by atoms with Crippen LogP contribution in [-0.2, 0) is 11.3 Å². The molecule has 23 heavy (non-hydrogen) atoms. The second kappa shape index (κ2) is 6.66. The molecule has 0 aliphatic heterocycles. The van der Waals surface area contributed by atoms with Gasteiger partial charge in [0.25, 0.3) is 5.91 Å². The van der Waals surface area contributed by atoms with Crippen LogP contribution in [-0.4, -0.2) is 25.2 Å². The van der Waals surface area contributed by atoms with Crippen LogP contribution < -0.4 is 4.80 Å². The van der Waals surface area contributed by atoms with E-state index in [0.29, 0.717) is 16.9 Å². The molecule has 0 saturated carbocycles. The number of benzene rings is 1. The number of aromatic nitrogens is 4. The van der Waals surface area contributed by atoms with E-state index in [-0.39, 0.29) is 11.7 Å². The minimum atomic E-state index is -0.540. The van der Waals surface area contributed by atoms with Crippen LogP contribution >= 0.6 is 11.3 Å². The Morgan fingerprint density at radius 2 is 2.26 bits per heavy atom. The van der Waals surface area contributed by atoms with E-state index in [1.807, 2.05) is 5.38 Å². The maximum atomic E-state index is 13.8. The summed E-state index contributed by atoms with van der Waals surface area (Å²) in [5.74, 6) is -0.611. The molecule has 3 rings (SSSR count). The fourth-order valence-electron chi connectivity index (χ4n) is 2.04. The van der Waals surface area contributed by atoms with E-state index in [1.54, 1.807) is 35.9 Å². The zero-order valence-electron chi connectivity index (χ0n) is 12.3. The number of nitrogens with zero attached hydrogens (tertiary/aromatic N) is 5. The largest absolute Gasteiger partial charge is 0.319 e. The van der Waals surface area contributed by atoms with Crippen molar-refractivity contribution in [3.63, 3.8) is 0 Å². The number of carbonyl (C=O) groups is 1. The molecule has 1 unspecified atom stereocenters. The molecule has 1 atom stereocenters. The van der Waals surface area contributed by atoms with Gasteiger partial charge in [0.15, 0.2) is 4.80 Å². The Labute approximate surface area is 135 Å². The van der Waals surface area contributed by atoms with Crippen molar-refractivity contribution < 1.29 is 9.18 Å². The highest BCUT2D eigenvalue weighted by molar-refractivity contribution is 7.07. The monoisotopic (exact) mass is 331 g/mol. The molecule has 0 saturated heterocycles. The van der Waals surface area contributed by atoms with Crippen molar-refractivity contribution in [2.75, 3.05) is 0 Å². The molecule has 118 valence electrons. The minimum absolute atomic E-state index is 0.278. The van der Waals surface area contributed by atoms with Gasteiger partial charge in [0.1, 0.15) is 24.5 Å². The van der Waals surface area contributed by atoms with Crippen LogP contribution in [0, 0.1) is 5.82 Å². The van der Waals surface area contributed by atoms with E-state index in [1.165, 1.54) is 34.7 Å². The summed E-state index contributed by atoms with van der Waals surface area (Å²) in [5, 5.41) is 5.75. The molecule has 3 aromatic rings. The van der Waals surface area contributed by atoms with Crippen molar-refractivity contribution in [2.45, 2.75) is 19.5 Å². The molecule has 2 heterocycles. The van der Waals surface area contributed by atoms with Gasteiger partial charge in [0.05, 0.1) is 6.54 Å². The van der Waals surface area contributed by atoms with E-state index in [4.69, 9.17) is 0 Å². The summed E-state index contributed by atoms with van der Waals surface area (Å²) in [6.45, 7) is 2.02. The van der Waals surface area contributed by atoms with E-state index >= 15 is 0 Å². The number of hydrogen-bond acceptors (Lipinski definition) is 4. The van der Waals surface area contributed by atoms with E-state index in [2.05, 4.69) is 15.1 Å². The first-order valence-electron chi connectivity index (χ1n) is 6.95. The molecule has 1 amide bonds. The van der Waals surface area contributed by atoms with Crippen molar-refractivity contribution in [3.05, 3.63) is 64.7 Å². The standard InChI is InChI=1S/C15H14FN5OS/c1-11(21-10-17-9-18-21)14(22)19-15-20(6-7-23-15)8-12-4-2-3-5-13(12)16/h2-7,9-11H,8H2,1H3. The van der Waals surface area contributed by atoms with Crippen LogP contribution in [0.25, 0.3) is 0 Å². The normalized spacial score (nSPS) is 13.2. The first-order chi connectivity index (χ1) is 11.1. The Morgan fingerprint density at radius 3 is 3.00 bits per heavy atom. The Balaban J connectivity index is 1.86. The summed E-state index contributed by atoms with van der Waals surface area (Å²) in [6, 6.07) is 6.01. The number of amides is 1. The second-order valence-electron chi connectivity index (χ2n) is 4.91. The van der Waals surface area contributed by atoms with E-state index in [0.717, 1.165) is 0 Å². The summed E-state index contributed by atoms with van der Waals surface area (Å²) in [5.41, 5.74) is 0.545. The van der Waals surface area contributed by atoms with Crippen LogP contribution in [0.15, 0.2) is 53.5 Å². The molecule has 0 N–H and O–H groups in total. The lowest BCUT2D eigenvalue weighted by molar-refractivity contribution is -0.121. The second-order valence-corrected chi connectivity index (χ2v) is 5.78. The third-order valence-electron chi connectivity index (χ3n) is 3.36. The third-order valence-corrected chi connectivity index (χ3v) is 4.15. The summed E-state index contributed by atoms with van der Waals surface area (Å²) < 4.78 is 17.0. The quantitative estimate of drug-likeness (QED) is 0.735. The van der Waals surface area contributed by atoms with E-state index < -0.39 is 6.04 Å². The highest BCUT2D eigenvalue weighted by Crippen LogP contribution is 2.09. The van der Waals surface area contributed by atoms with Gasteiger partial charge in [0, 0.05) is 17.1 Å².